The van der Waals surface area contributed by atoms with Crippen LogP contribution in [0.15, 0.2) is 69.8 Å². The fourth-order valence-corrected chi connectivity index (χ4v) is 5.56. The highest BCUT2D eigenvalue weighted by Crippen LogP contribution is 2.45. The summed E-state index contributed by atoms with van der Waals surface area (Å²) in [6.07, 6.45) is 0.144. The third-order valence-electron chi connectivity index (χ3n) is 6.59. The molecule has 0 bridgehead atoms. The van der Waals surface area contributed by atoms with Gasteiger partial charge in [0.05, 0.1) is 30.8 Å². The Morgan fingerprint density at radius 1 is 1.16 bits per heavy atom. The van der Waals surface area contributed by atoms with Gasteiger partial charge in [-0.3, -0.25) is 4.79 Å². The molecular formula is C28H29N3O5S. The van der Waals surface area contributed by atoms with E-state index >= 15 is 0 Å². The summed E-state index contributed by atoms with van der Waals surface area (Å²) in [5, 5.41) is 5.66. The van der Waals surface area contributed by atoms with E-state index in [0.29, 0.717) is 35.2 Å². The van der Waals surface area contributed by atoms with Gasteiger partial charge in [-0.25, -0.2) is 9.79 Å². The number of aliphatic imine (C=N–C) groups is 1. The zero-order valence-corrected chi connectivity index (χ0v) is 22.1. The number of amides is 1. The van der Waals surface area contributed by atoms with Gasteiger partial charge in [0.2, 0.25) is 12.7 Å². The minimum atomic E-state index is -0.441. The van der Waals surface area contributed by atoms with Crippen LogP contribution >= 0.6 is 11.8 Å². The van der Waals surface area contributed by atoms with E-state index in [-0.39, 0.29) is 19.1 Å². The Bertz CT molecular complexity index is 1330. The first-order chi connectivity index (χ1) is 17.9. The number of rotatable bonds is 7. The van der Waals surface area contributed by atoms with Crippen molar-refractivity contribution in [1.29, 1.82) is 0 Å². The molecule has 8 nitrogen and oxygen atoms in total. The molecule has 1 amide bonds. The van der Waals surface area contributed by atoms with E-state index in [0.717, 1.165) is 22.0 Å². The molecule has 0 aromatic heterocycles. The highest BCUT2D eigenvalue weighted by atomic mass is 32.2. The summed E-state index contributed by atoms with van der Waals surface area (Å²) in [6, 6.07) is 13.4. The molecule has 0 unspecified atom stereocenters. The number of benzene rings is 2. The van der Waals surface area contributed by atoms with E-state index in [1.54, 1.807) is 0 Å². The maximum atomic E-state index is 13.0. The summed E-state index contributed by atoms with van der Waals surface area (Å²) in [6.45, 7) is 6.68. The molecule has 0 radical (unpaired) electrons. The van der Waals surface area contributed by atoms with Gasteiger partial charge in [0, 0.05) is 12.2 Å². The first kappa shape index (κ1) is 25.0. The van der Waals surface area contributed by atoms with Gasteiger partial charge in [-0.05, 0) is 47.1 Å². The average Bonchev–Trinajstić information content (AvgIpc) is 3.52. The number of allylic oxidation sites excluding steroid dienone is 1. The average molecular weight is 520 g/mol. The maximum absolute atomic E-state index is 13.0. The molecule has 0 aliphatic carbocycles. The van der Waals surface area contributed by atoms with Gasteiger partial charge in [0.25, 0.3) is 0 Å². The van der Waals surface area contributed by atoms with E-state index < -0.39 is 12.0 Å². The summed E-state index contributed by atoms with van der Waals surface area (Å²) < 4.78 is 15.9. The van der Waals surface area contributed by atoms with Crippen LogP contribution in [0.5, 0.6) is 11.5 Å². The van der Waals surface area contributed by atoms with Crippen molar-refractivity contribution >= 4 is 28.8 Å². The van der Waals surface area contributed by atoms with Crippen molar-refractivity contribution < 1.29 is 23.8 Å². The Kier molecular flexibility index (Phi) is 6.97. The molecule has 5 rings (SSSR count). The van der Waals surface area contributed by atoms with E-state index in [9.17, 15) is 9.59 Å². The Balaban J connectivity index is 1.37. The van der Waals surface area contributed by atoms with Crippen molar-refractivity contribution in [3.8, 4) is 11.5 Å². The number of ether oxygens (including phenoxy) is 3. The number of carbonyl (C=O) groups is 2. The molecule has 3 aliphatic rings. The van der Waals surface area contributed by atoms with E-state index in [4.69, 9.17) is 14.2 Å². The van der Waals surface area contributed by atoms with Crippen molar-refractivity contribution in [3.63, 3.8) is 0 Å². The maximum Gasteiger partial charge on any atom is 0.338 e. The second kappa shape index (κ2) is 10.3. The largest absolute Gasteiger partial charge is 0.466 e. The summed E-state index contributed by atoms with van der Waals surface area (Å²) in [4.78, 5) is 32.5. The molecular weight excluding hydrogens is 490 g/mol. The number of amidine groups is 1. The van der Waals surface area contributed by atoms with Gasteiger partial charge in [-0.15, -0.1) is 0 Å². The van der Waals surface area contributed by atoms with Crippen molar-refractivity contribution in [2.24, 2.45) is 4.99 Å². The number of esters is 1. The minimum Gasteiger partial charge on any atom is -0.466 e. The molecule has 1 atom stereocenters. The first-order valence-electron chi connectivity index (χ1n) is 12.1. The van der Waals surface area contributed by atoms with Gasteiger partial charge in [-0.2, -0.15) is 0 Å². The van der Waals surface area contributed by atoms with Crippen LogP contribution in [0.25, 0.3) is 0 Å². The number of fused-ring (bicyclic) bond motifs is 2. The molecule has 192 valence electrons. The Morgan fingerprint density at radius 3 is 2.65 bits per heavy atom. The number of hydrogen-bond acceptors (Lipinski definition) is 8. The highest BCUT2D eigenvalue weighted by molar-refractivity contribution is 8.16. The molecule has 0 spiro atoms. The lowest BCUT2D eigenvalue weighted by molar-refractivity contribution is -0.136. The van der Waals surface area contributed by atoms with Gasteiger partial charge < -0.3 is 24.4 Å². The van der Waals surface area contributed by atoms with Crippen molar-refractivity contribution in [2.75, 3.05) is 13.9 Å². The summed E-state index contributed by atoms with van der Waals surface area (Å²) in [5.41, 5.74) is 4.93. The van der Waals surface area contributed by atoms with Crippen LogP contribution in [-0.2, 0) is 20.9 Å². The number of thioether (sulfide) groups is 1. The molecule has 9 heteroatoms. The normalized spacial score (nSPS) is 18.0. The fourth-order valence-electron chi connectivity index (χ4n) is 4.60. The third-order valence-corrected chi connectivity index (χ3v) is 7.48. The number of nitrogens with zero attached hydrogens (tertiary/aromatic N) is 2. The molecule has 2 aromatic rings. The van der Waals surface area contributed by atoms with Gasteiger partial charge in [-0.1, -0.05) is 55.9 Å². The van der Waals surface area contributed by atoms with Crippen molar-refractivity contribution in [2.45, 2.75) is 45.7 Å². The Hall–Kier alpha value is -3.72. The first-order valence-corrected chi connectivity index (χ1v) is 13.0. The molecule has 0 fully saturated rings. The van der Waals surface area contributed by atoms with Gasteiger partial charge in [0.1, 0.15) is 0 Å². The fraction of sp³-hybridized carbons (Fsp3) is 0.321. The van der Waals surface area contributed by atoms with Crippen LogP contribution in [0, 0.1) is 0 Å². The lowest BCUT2D eigenvalue weighted by atomic mass is 9.92. The summed E-state index contributed by atoms with van der Waals surface area (Å²) in [7, 11) is 1.37. The topological polar surface area (TPSA) is 89.5 Å². The summed E-state index contributed by atoms with van der Waals surface area (Å²) >= 11 is 1.45. The van der Waals surface area contributed by atoms with Crippen LogP contribution < -0.4 is 14.8 Å². The van der Waals surface area contributed by atoms with E-state index in [1.165, 1.54) is 24.4 Å². The predicted octanol–water partition coefficient (Wildman–Crippen LogP) is 4.99. The molecule has 0 saturated heterocycles. The lowest BCUT2D eigenvalue weighted by Crippen LogP contribution is -2.37. The van der Waals surface area contributed by atoms with E-state index in [2.05, 4.69) is 36.3 Å². The SMILES string of the molecule is COC(=O)C1=C(C)N=C2SC=C(CC(=O)NCc3ccc4c(c3)OCO4)N2[C@@H]1c1ccc(C(C)C)cc1. The number of methoxy groups -OCH3 is 1. The Labute approximate surface area is 220 Å². The van der Waals surface area contributed by atoms with Gasteiger partial charge in [0.15, 0.2) is 16.7 Å². The van der Waals surface area contributed by atoms with Crippen molar-refractivity contribution in [3.05, 3.63) is 81.5 Å². The van der Waals surface area contributed by atoms with Crippen LogP contribution in [0.1, 0.15) is 55.8 Å². The zero-order valence-electron chi connectivity index (χ0n) is 21.2. The van der Waals surface area contributed by atoms with Crippen LogP contribution in [0.2, 0.25) is 0 Å². The molecule has 2 aromatic carbocycles. The minimum absolute atomic E-state index is 0.134. The third kappa shape index (κ3) is 4.96. The lowest BCUT2D eigenvalue weighted by Gasteiger charge is -2.36. The standard InChI is InChI=1S/C28H29N3O5S/c1-16(2)19-6-8-20(9-7-19)26-25(27(33)34-4)17(3)30-28-31(26)21(14-37-28)12-24(32)29-13-18-5-10-22-23(11-18)36-15-35-22/h5-11,14,16,26H,12-13,15H2,1-4H3,(H,29,32)/t26-/m1/s1. The number of carbonyl (C=O) groups excluding carboxylic acids is 2. The molecule has 0 saturated carbocycles. The predicted molar refractivity (Wildman–Crippen MR) is 142 cm³/mol. The molecule has 1 N–H and O–H groups in total. The quantitative estimate of drug-likeness (QED) is 0.516. The smallest absolute Gasteiger partial charge is 0.338 e. The summed E-state index contributed by atoms with van der Waals surface area (Å²) in [5.74, 6) is 1.21. The number of hydrogen-bond donors (Lipinski definition) is 1. The highest BCUT2D eigenvalue weighted by Gasteiger charge is 2.41. The van der Waals surface area contributed by atoms with Crippen LogP contribution in [0.3, 0.4) is 0 Å². The van der Waals surface area contributed by atoms with Crippen molar-refractivity contribution in [1.82, 2.24) is 10.2 Å². The second-order valence-electron chi connectivity index (χ2n) is 9.35. The zero-order chi connectivity index (χ0) is 26.1. The monoisotopic (exact) mass is 519 g/mol. The van der Waals surface area contributed by atoms with E-state index in [1.807, 2.05) is 47.6 Å². The second-order valence-corrected chi connectivity index (χ2v) is 10.2. The number of nitrogens with one attached hydrogen (secondary N) is 1. The molecule has 3 aliphatic heterocycles. The van der Waals surface area contributed by atoms with Gasteiger partial charge >= 0.3 is 5.97 Å². The van der Waals surface area contributed by atoms with Crippen LogP contribution in [0.4, 0.5) is 0 Å². The Morgan fingerprint density at radius 2 is 1.92 bits per heavy atom. The molecule has 3 heterocycles. The molecule has 37 heavy (non-hydrogen) atoms. The van der Waals surface area contributed by atoms with Crippen LogP contribution in [-0.4, -0.2) is 35.8 Å².